The topological polar surface area (TPSA) is 77.3 Å². The van der Waals surface area contributed by atoms with E-state index in [1.54, 1.807) is 44.5 Å². The first kappa shape index (κ1) is 59.2. The molecular formula is C84H110N6. The van der Waals surface area contributed by atoms with Crippen LogP contribution in [0, 0.1) is 158 Å². The summed E-state index contributed by atoms with van der Waals surface area (Å²) in [7, 11) is 0. The van der Waals surface area contributed by atoms with Crippen molar-refractivity contribution < 1.29 is 0 Å². The molecule has 4 aromatic rings. The Balaban J connectivity index is 0.809. The van der Waals surface area contributed by atoms with Crippen LogP contribution in [0.2, 0.25) is 0 Å². The molecule has 0 N–H and O–H groups in total. The third-order valence-electron chi connectivity index (χ3n) is 29.5. The van der Waals surface area contributed by atoms with Crippen LogP contribution in [0.25, 0.3) is 5.57 Å². The highest BCUT2D eigenvalue weighted by atomic mass is 15.0. The highest BCUT2D eigenvalue weighted by molar-refractivity contribution is 5.72. The van der Waals surface area contributed by atoms with E-state index in [0.29, 0.717) is 59.2 Å². The molecule has 25 unspecified atom stereocenters. The van der Waals surface area contributed by atoms with Crippen LogP contribution in [0.3, 0.4) is 0 Å². The summed E-state index contributed by atoms with van der Waals surface area (Å²) in [5.74, 6) is 24.2. The van der Waals surface area contributed by atoms with Crippen LogP contribution in [0.15, 0.2) is 77.9 Å². The lowest BCUT2D eigenvalue weighted by Crippen LogP contribution is -2.59. The van der Waals surface area contributed by atoms with E-state index in [-0.39, 0.29) is 27.6 Å². The van der Waals surface area contributed by atoms with Crippen LogP contribution in [-0.2, 0) is 21.7 Å². The summed E-state index contributed by atoms with van der Waals surface area (Å²) in [6.07, 6.45) is 31.4. The Morgan fingerprint density at radius 2 is 0.722 bits per heavy atom. The molecule has 6 heteroatoms. The number of aromatic nitrogens is 6. The molecule has 25 atom stereocenters. The Bertz CT molecular complexity index is 3580. The smallest absolute Gasteiger partial charge is 0.159 e. The largest absolute Gasteiger partial charge is 0.219 e. The summed E-state index contributed by atoms with van der Waals surface area (Å²) in [6, 6.07) is 16.7. The van der Waals surface area contributed by atoms with Crippen molar-refractivity contribution in [2.24, 2.45) is 130 Å². The Hall–Kier alpha value is -4.58. The van der Waals surface area contributed by atoms with Crippen LogP contribution in [-0.4, -0.2) is 29.9 Å². The summed E-state index contributed by atoms with van der Waals surface area (Å²) in [6.45, 7) is 38.4. The normalized spacial score (nSPS) is 41.7. The molecule has 6 nitrogen and oxygen atoms in total. The second-order valence-electron chi connectivity index (χ2n) is 37.6. The van der Waals surface area contributed by atoms with Crippen molar-refractivity contribution in [3.8, 4) is 0 Å². The number of aryl methyl sites for hydroxylation is 4. The monoisotopic (exact) mass is 1200 g/mol. The second kappa shape index (κ2) is 20.5. The number of rotatable bonds is 4. The van der Waals surface area contributed by atoms with Gasteiger partial charge in [0.1, 0.15) is 29.1 Å². The Morgan fingerprint density at radius 3 is 1.17 bits per heavy atom. The summed E-state index contributed by atoms with van der Waals surface area (Å²) >= 11 is 0. The number of hydrogen-bond donors (Lipinski definition) is 0. The van der Waals surface area contributed by atoms with Crippen molar-refractivity contribution in [1.29, 1.82) is 0 Å². The van der Waals surface area contributed by atoms with Gasteiger partial charge in [-0.25, -0.2) is 29.9 Å². The third-order valence-corrected chi connectivity index (χ3v) is 29.5. The molecule has 0 saturated heterocycles. The van der Waals surface area contributed by atoms with Crippen LogP contribution in [0.4, 0.5) is 0 Å². The maximum Gasteiger partial charge on any atom is 0.159 e. The molecular weight excluding hydrogens is 1090 g/mol. The molecule has 0 amide bonds. The molecule has 11 fully saturated rings. The van der Waals surface area contributed by atoms with Crippen LogP contribution < -0.4 is 0 Å². The highest BCUT2D eigenvalue weighted by Gasteiger charge is 2.72. The molecule has 2 heterocycles. The Labute approximate surface area is 542 Å². The van der Waals surface area contributed by atoms with Crippen molar-refractivity contribution in [2.45, 2.75) is 234 Å². The first-order valence-electron chi connectivity index (χ1n) is 37.3. The minimum Gasteiger partial charge on any atom is -0.219 e. The number of fused-ring (bicyclic) bond motifs is 12. The molecule has 0 spiro atoms. The lowest BCUT2D eigenvalue weighted by atomic mass is 9.40. The first-order chi connectivity index (χ1) is 42.8. The number of allylic oxidation sites excluding steroid dienone is 8. The van der Waals surface area contributed by atoms with E-state index in [0.717, 1.165) is 118 Å². The molecule has 2 aromatic carbocycles. The van der Waals surface area contributed by atoms with Gasteiger partial charge in [-0.2, -0.15) is 0 Å². The van der Waals surface area contributed by atoms with E-state index in [1.807, 2.05) is 13.8 Å². The maximum atomic E-state index is 5.06. The standard InChI is InChI=1S/C84H110N6/c1-41-85-42(2)88-79(87-41)45-20-21-52-55-22-23-56-58-27-30-63-76-64(31-28-59(75(58)76)57-24-25-61(65(52)36-45)73(55)74(56)57)78-71(47-34-50(83(11,12)13)38-51(35-47)84(14,15)16)69-40-67-60-26-29-62(80-89-43(3)86-44(4)90-80)53-18-17-19-54(72(53)60)66(67)39-68(69)70(77(63)78)46-32-48(81(5,6)7)37-49(33-46)82(8,9)10/h17-19,26,29,32-35,37-38,45,52-53,55-59,61,63-78H,20-25,27-28,30-31,36,39-40H2,1-16H3. The first-order valence-corrected chi connectivity index (χ1v) is 37.3. The predicted molar refractivity (Wildman–Crippen MR) is 365 cm³/mol. The summed E-state index contributed by atoms with van der Waals surface area (Å²) < 4.78 is 0. The quantitative estimate of drug-likeness (QED) is 0.203. The molecule has 13 aliphatic rings. The Kier molecular flexibility index (Phi) is 13.5. The van der Waals surface area contributed by atoms with E-state index in [2.05, 4.69) is 174 Å². The fraction of sp³-hybridized carbons (Fsp3) is 0.690. The van der Waals surface area contributed by atoms with Crippen molar-refractivity contribution in [1.82, 2.24) is 29.9 Å². The lowest BCUT2D eigenvalue weighted by Gasteiger charge is -2.65. The third kappa shape index (κ3) is 8.96. The SMILES string of the molecule is Cc1nc(C)nc(C2=CC=C3C4CC5C(CC4C4=CC=CC2C43)C(c2cc(C(C)(C)C)cc(C(C)(C)C)c2)C2C3CCC4C6CCC7C8CCC(c9nc(C)nc(C)n9)CC8C8CCC(C9CCC(C3C49)C2C5c2cc(C(C)(C)C)cc(C(C)(C)C)c2)C6C78)n1. The van der Waals surface area contributed by atoms with Crippen molar-refractivity contribution in [3.05, 3.63) is 146 Å². The van der Waals surface area contributed by atoms with E-state index in [4.69, 9.17) is 19.9 Å². The number of nitrogens with zero attached hydrogens (tertiary/aromatic N) is 6. The van der Waals surface area contributed by atoms with Crippen LogP contribution in [0.1, 0.15) is 253 Å². The van der Waals surface area contributed by atoms with Gasteiger partial charge in [-0.15, -0.1) is 0 Å². The zero-order valence-electron chi connectivity index (χ0n) is 58.2. The van der Waals surface area contributed by atoms with Crippen molar-refractivity contribution in [2.75, 3.05) is 0 Å². The van der Waals surface area contributed by atoms with E-state index >= 15 is 0 Å². The minimum atomic E-state index is 0.0549. The second-order valence-corrected chi connectivity index (χ2v) is 37.6. The van der Waals surface area contributed by atoms with Gasteiger partial charge in [0.2, 0.25) is 0 Å². The molecule has 0 aliphatic heterocycles. The van der Waals surface area contributed by atoms with Gasteiger partial charge in [0, 0.05) is 23.3 Å². The van der Waals surface area contributed by atoms with Gasteiger partial charge >= 0.3 is 0 Å². The van der Waals surface area contributed by atoms with Crippen molar-refractivity contribution in [3.63, 3.8) is 0 Å². The maximum absolute atomic E-state index is 5.06. The number of benzene rings is 2. The van der Waals surface area contributed by atoms with E-state index < -0.39 is 0 Å². The van der Waals surface area contributed by atoms with Crippen LogP contribution in [0.5, 0.6) is 0 Å². The fourth-order valence-corrected chi connectivity index (χ4v) is 26.6. The molecule has 90 heavy (non-hydrogen) atoms. The van der Waals surface area contributed by atoms with Crippen LogP contribution >= 0.6 is 0 Å². The highest BCUT2D eigenvalue weighted by Crippen LogP contribution is 2.79. The van der Waals surface area contributed by atoms with E-state index in [9.17, 15) is 0 Å². The van der Waals surface area contributed by atoms with Gasteiger partial charge in [-0.1, -0.05) is 161 Å². The van der Waals surface area contributed by atoms with E-state index in [1.165, 1.54) is 89.0 Å². The molecule has 17 rings (SSSR count). The molecule has 13 aliphatic carbocycles. The summed E-state index contributed by atoms with van der Waals surface area (Å²) in [5, 5.41) is 0. The van der Waals surface area contributed by atoms with Gasteiger partial charge < -0.3 is 0 Å². The number of hydrogen-bond acceptors (Lipinski definition) is 6. The zero-order chi connectivity index (χ0) is 62.3. The summed E-state index contributed by atoms with van der Waals surface area (Å²) in [5.41, 5.74) is 14.7. The molecule has 0 radical (unpaired) electrons. The average molecular weight is 1200 g/mol. The van der Waals surface area contributed by atoms with Gasteiger partial charge in [0.05, 0.1) is 0 Å². The molecule has 11 saturated carbocycles. The van der Waals surface area contributed by atoms with Crippen molar-refractivity contribution >= 4 is 5.57 Å². The van der Waals surface area contributed by atoms with Gasteiger partial charge in [0.25, 0.3) is 0 Å². The average Bonchev–Trinajstić information content (AvgIpc) is 1.48. The molecule has 0 bridgehead atoms. The Morgan fingerprint density at radius 1 is 0.344 bits per heavy atom. The predicted octanol–water partition coefficient (Wildman–Crippen LogP) is 19.4. The van der Waals surface area contributed by atoms with Gasteiger partial charge in [0.15, 0.2) is 5.82 Å². The fourth-order valence-electron chi connectivity index (χ4n) is 26.6. The zero-order valence-corrected chi connectivity index (χ0v) is 58.2. The van der Waals surface area contributed by atoms with Gasteiger partial charge in [-0.3, -0.25) is 0 Å². The summed E-state index contributed by atoms with van der Waals surface area (Å²) in [4.78, 5) is 29.5. The molecule has 476 valence electrons. The molecule has 2 aromatic heterocycles. The minimum absolute atomic E-state index is 0.0549. The lowest BCUT2D eigenvalue weighted by molar-refractivity contribution is -0.171. The van der Waals surface area contributed by atoms with Gasteiger partial charge in [-0.05, 0) is 296 Å².